The van der Waals surface area contributed by atoms with Crippen LogP contribution < -0.4 is 5.56 Å². The van der Waals surface area contributed by atoms with Gasteiger partial charge in [-0.3, -0.25) is 9.59 Å². The van der Waals surface area contributed by atoms with Crippen LogP contribution in [0, 0.1) is 0 Å². The molecule has 5 rings (SSSR count). The number of thiophene rings is 1. The fourth-order valence-electron chi connectivity index (χ4n) is 4.28. The molecular formula is C22H21N3O3S. The number of ether oxygens (including phenoxy) is 1. The number of carbonyl (C=O) groups is 1. The number of aromatic amines is 1. The number of aromatic nitrogens is 2. The zero-order chi connectivity index (χ0) is 19.8. The van der Waals surface area contributed by atoms with Crippen molar-refractivity contribution in [1.29, 1.82) is 0 Å². The third-order valence-electron chi connectivity index (χ3n) is 5.84. The van der Waals surface area contributed by atoms with Crippen molar-refractivity contribution >= 4 is 17.2 Å². The number of fused-ring (bicyclic) bond motifs is 2. The number of hydrogen-bond donors (Lipinski definition) is 1. The second-order valence-corrected chi connectivity index (χ2v) is 8.56. The molecule has 0 saturated carbocycles. The summed E-state index contributed by atoms with van der Waals surface area (Å²) in [7, 11) is 0. The van der Waals surface area contributed by atoms with E-state index in [1.807, 2.05) is 17.4 Å². The lowest BCUT2D eigenvalue weighted by Gasteiger charge is -2.43. The van der Waals surface area contributed by atoms with E-state index in [0.29, 0.717) is 19.7 Å². The van der Waals surface area contributed by atoms with Crippen molar-refractivity contribution in [2.45, 2.75) is 24.9 Å². The van der Waals surface area contributed by atoms with E-state index in [0.717, 1.165) is 19.3 Å². The summed E-state index contributed by atoms with van der Waals surface area (Å²) >= 11 is 1.81. The number of piperidine rings is 1. The highest BCUT2D eigenvalue weighted by Gasteiger charge is 2.43. The fourth-order valence-corrected chi connectivity index (χ4v) is 5.69. The Morgan fingerprint density at radius 3 is 2.76 bits per heavy atom. The molecular weight excluding hydrogens is 386 g/mol. The van der Waals surface area contributed by atoms with Crippen LogP contribution in [-0.4, -0.2) is 40.5 Å². The largest absolute Gasteiger partial charge is 0.369 e. The Bertz CT molecular complexity index is 1100. The second-order valence-electron chi connectivity index (χ2n) is 7.51. The predicted molar refractivity (Wildman–Crippen MR) is 111 cm³/mol. The zero-order valence-electron chi connectivity index (χ0n) is 15.9. The highest BCUT2D eigenvalue weighted by Crippen LogP contribution is 2.47. The SMILES string of the molecule is O=C(c1cnc[nH]c1=O)N1CCC2(CC1)OCCc1cc(-c3ccccc3)sc12. The van der Waals surface area contributed by atoms with Gasteiger partial charge in [0.1, 0.15) is 11.2 Å². The molecule has 0 bridgehead atoms. The lowest BCUT2D eigenvalue weighted by molar-refractivity contribution is -0.0906. The molecule has 1 saturated heterocycles. The number of H-pyrrole nitrogens is 1. The van der Waals surface area contributed by atoms with E-state index in [4.69, 9.17) is 4.74 Å². The summed E-state index contributed by atoms with van der Waals surface area (Å²) in [5.74, 6) is -0.263. The van der Waals surface area contributed by atoms with Gasteiger partial charge in [0.25, 0.3) is 11.5 Å². The van der Waals surface area contributed by atoms with E-state index in [2.05, 4.69) is 40.3 Å². The standard InChI is InChI=1S/C22H21N3O3S/c26-20-17(13-23-14-24-20)21(27)25-9-7-22(8-10-25)19-16(6-11-28-22)12-18(29-19)15-4-2-1-3-5-15/h1-5,12-14H,6-11H2,(H,23,24,26). The average molecular weight is 407 g/mol. The summed E-state index contributed by atoms with van der Waals surface area (Å²) in [6, 6.07) is 12.7. The highest BCUT2D eigenvalue weighted by atomic mass is 32.1. The first kappa shape index (κ1) is 18.3. The third-order valence-corrected chi connectivity index (χ3v) is 7.25. The minimum absolute atomic E-state index is 0.0937. The Kier molecular flexibility index (Phi) is 4.56. The lowest BCUT2D eigenvalue weighted by Crippen LogP contribution is -2.48. The molecule has 148 valence electrons. The van der Waals surface area contributed by atoms with Crippen molar-refractivity contribution in [3.05, 3.63) is 75.3 Å². The van der Waals surface area contributed by atoms with Gasteiger partial charge < -0.3 is 14.6 Å². The van der Waals surface area contributed by atoms with Crippen LogP contribution in [-0.2, 0) is 16.8 Å². The van der Waals surface area contributed by atoms with Crippen LogP contribution in [0.2, 0.25) is 0 Å². The molecule has 0 atom stereocenters. The summed E-state index contributed by atoms with van der Waals surface area (Å²) in [5.41, 5.74) is 1.96. The number of nitrogens with zero attached hydrogens (tertiary/aromatic N) is 2. The fraction of sp³-hybridized carbons (Fsp3) is 0.318. The molecule has 2 aliphatic rings. The van der Waals surface area contributed by atoms with Gasteiger partial charge in [-0.05, 0) is 36.5 Å². The number of rotatable bonds is 2. The number of nitrogens with one attached hydrogen (secondary N) is 1. The number of benzene rings is 1. The molecule has 1 spiro atoms. The van der Waals surface area contributed by atoms with Gasteiger partial charge in [-0.2, -0.15) is 0 Å². The van der Waals surface area contributed by atoms with E-state index in [1.165, 1.54) is 33.4 Å². The van der Waals surface area contributed by atoms with Gasteiger partial charge in [0.2, 0.25) is 0 Å². The third kappa shape index (κ3) is 3.20. The Morgan fingerprint density at radius 2 is 2.00 bits per heavy atom. The van der Waals surface area contributed by atoms with Crippen molar-refractivity contribution in [3.63, 3.8) is 0 Å². The second kappa shape index (κ2) is 7.24. The zero-order valence-corrected chi connectivity index (χ0v) is 16.7. The number of amides is 1. The maximum Gasteiger partial charge on any atom is 0.263 e. The van der Waals surface area contributed by atoms with Crippen molar-refractivity contribution < 1.29 is 9.53 Å². The van der Waals surface area contributed by atoms with E-state index in [1.54, 1.807) is 4.90 Å². The van der Waals surface area contributed by atoms with Gasteiger partial charge >= 0.3 is 0 Å². The van der Waals surface area contributed by atoms with Crippen molar-refractivity contribution in [1.82, 2.24) is 14.9 Å². The Labute approximate surface area is 172 Å². The van der Waals surface area contributed by atoms with Crippen LogP contribution in [0.3, 0.4) is 0 Å². The number of hydrogen-bond acceptors (Lipinski definition) is 5. The smallest absolute Gasteiger partial charge is 0.263 e. The molecule has 7 heteroatoms. The van der Waals surface area contributed by atoms with Crippen LogP contribution in [0.1, 0.15) is 33.6 Å². The average Bonchev–Trinajstić information content (AvgIpc) is 3.21. The molecule has 0 radical (unpaired) electrons. The Morgan fingerprint density at radius 1 is 1.21 bits per heavy atom. The summed E-state index contributed by atoms with van der Waals surface area (Å²) in [5, 5.41) is 0. The first-order chi connectivity index (χ1) is 14.2. The van der Waals surface area contributed by atoms with Crippen LogP contribution >= 0.6 is 11.3 Å². The minimum Gasteiger partial charge on any atom is -0.369 e. The molecule has 1 fully saturated rings. The van der Waals surface area contributed by atoms with Crippen LogP contribution in [0.25, 0.3) is 10.4 Å². The Hall–Kier alpha value is -2.77. The molecule has 29 heavy (non-hydrogen) atoms. The van der Waals surface area contributed by atoms with E-state index < -0.39 is 5.56 Å². The molecule has 0 aliphatic carbocycles. The molecule has 3 aromatic rings. The maximum absolute atomic E-state index is 12.8. The first-order valence-electron chi connectivity index (χ1n) is 9.81. The van der Waals surface area contributed by atoms with Crippen LogP contribution in [0.4, 0.5) is 0 Å². The molecule has 1 N–H and O–H groups in total. The number of likely N-dealkylation sites (tertiary alicyclic amines) is 1. The number of carbonyl (C=O) groups excluding carboxylic acids is 1. The molecule has 1 aromatic carbocycles. The van der Waals surface area contributed by atoms with Gasteiger partial charge in [-0.1, -0.05) is 30.3 Å². The predicted octanol–water partition coefficient (Wildman–Crippen LogP) is 3.20. The lowest BCUT2D eigenvalue weighted by atomic mass is 9.85. The van der Waals surface area contributed by atoms with Gasteiger partial charge in [-0.25, -0.2) is 4.98 Å². The molecule has 4 heterocycles. The highest BCUT2D eigenvalue weighted by molar-refractivity contribution is 7.15. The van der Waals surface area contributed by atoms with Gasteiger partial charge in [0.15, 0.2) is 0 Å². The molecule has 0 unspecified atom stereocenters. The summed E-state index contributed by atoms with van der Waals surface area (Å²) in [6.45, 7) is 1.82. The molecule has 1 amide bonds. The van der Waals surface area contributed by atoms with Gasteiger partial charge in [0.05, 0.1) is 12.9 Å². The summed E-state index contributed by atoms with van der Waals surface area (Å²) in [6.07, 6.45) is 5.03. The van der Waals surface area contributed by atoms with Crippen molar-refractivity contribution in [2.24, 2.45) is 0 Å². The van der Waals surface area contributed by atoms with Crippen LogP contribution in [0.5, 0.6) is 0 Å². The van der Waals surface area contributed by atoms with Crippen molar-refractivity contribution in [2.75, 3.05) is 19.7 Å². The van der Waals surface area contributed by atoms with Gasteiger partial charge in [-0.15, -0.1) is 11.3 Å². The summed E-state index contributed by atoms with van der Waals surface area (Å²) in [4.78, 5) is 35.3. The maximum atomic E-state index is 12.8. The topological polar surface area (TPSA) is 75.3 Å². The van der Waals surface area contributed by atoms with Crippen LogP contribution in [0.15, 0.2) is 53.7 Å². The minimum atomic E-state index is -0.396. The van der Waals surface area contributed by atoms with E-state index >= 15 is 0 Å². The first-order valence-corrected chi connectivity index (χ1v) is 10.6. The Balaban J connectivity index is 1.39. The van der Waals surface area contributed by atoms with Crippen molar-refractivity contribution in [3.8, 4) is 10.4 Å². The monoisotopic (exact) mass is 407 g/mol. The quantitative estimate of drug-likeness (QED) is 0.708. The normalized spacial score (nSPS) is 17.9. The van der Waals surface area contributed by atoms with Gasteiger partial charge in [0, 0.05) is 29.0 Å². The molecule has 2 aromatic heterocycles. The summed E-state index contributed by atoms with van der Waals surface area (Å²) < 4.78 is 6.33. The van der Waals surface area contributed by atoms with E-state index in [9.17, 15) is 9.59 Å². The molecule has 2 aliphatic heterocycles. The van der Waals surface area contributed by atoms with E-state index in [-0.39, 0.29) is 17.1 Å². The molecule has 6 nitrogen and oxygen atoms in total.